The van der Waals surface area contributed by atoms with Crippen LogP contribution in [0.3, 0.4) is 0 Å². The Kier molecular flexibility index (Phi) is 3.76. The van der Waals surface area contributed by atoms with E-state index in [1.54, 1.807) is 7.05 Å². The fourth-order valence-electron chi connectivity index (χ4n) is 1.42. The fourth-order valence-corrected chi connectivity index (χ4v) is 2.65. The molecule has 1 aliphatic carbocycles. The lowest BCUT2D eigenvalue weighted by atomic mass is 9.78. The Morgan fingerprint density at radius 1 is 1.47 bits per heavy atom. The van der Waals surface area contributed by atoms with Crippen molar-refractivity contribution < 1.29 is 8.42 Å². The van der Waals surface area contributed by atoms with Gasteiger partial charge in [0.05, 0.1) is 0 Å². The summed E-state index contributed by atoms with van der Waals surface area (Å²) in [5, 5.41) is 0. The second kappa shape index (κ2) is 4.37. The maximum Gasteiger partial charge on any atom is 0.279 e. The van der Waals surface area contributed by atoms with E-state index in [0.29, 0.717) is 6.54 Å². The summed E-state index contributed by atoms with van der Waals surface area (Å²) in [6, 6.07) is -0.0439. The zero-order valence-electron chi connectivity index (χ0n) is 9.66. The number of hydrogen-bond donors (Lipinski definition) is 2. The second-order valence-corrected chi connectivity index (χ2v) is 6.47. The predicted molar refractivity (Wildman–Crippen MR) is 60.6 cm³/mol. The van der Waals surface area contributed by atoms with E-state index in [2.05, 4.69) is 4.72 Å². The van der Waals surface area contributed by atoms with Crippen LogP contribution in [0, 0.1) is 0 Å². The van der Waals surface area contributed by atoms with Gasteiger partial charge in [0.1, 0.15) is 0 Å². The molecule has 1 rings (SSSR count). The van der Waals surface area contributed by atoms with Crippen molar-refractivity contribution in [3.63, 3.8) is 0 Å². The largest absolute Gasteiger partial charge is 0.324 e. The van der Waals surface area contributed by atoms with E-state index in [1.165, 1.54) is 4.31 Å². The molecule has 0 amide bonds. The minimum absolute atomic E-state index is 0.0439. The summed E-state index contributed by atoms with van der Waals surface area (Å²) in [7, 11) is -1.80. The Hall–Kier alpha value is -0.170. The van der Waals surface area contributed by atoms with Crippen LogP contribution in [-0.2, 0) is 10.2 Å². The normalized spacial score (nSPS) is 20.7. The van der Waals surface area contributed by atoms with Crippen molar-refractivity contribution in [3.05, 3.63) is 0 Å². The number of hydrogen-bond acceptors (Lipinski definition) is 3. The van der Waals surface area contributed by atoms with E-state index in [0.717, 1.165) is 19.3 Å². The highest BCUT2D eigenvalue weighted by Crippen LogP contribution is 2.28. The van der Waals surface area contributed by atoms with Crippen molar-refractivity contribution in [2.24, 2.45) is 5.73 Å². The summed E-state index contributed by atoms with van der Waals surface area (Å²) in [5.41, 5.74) is 5.63. The molecule has 90 valence electrons. The molecule has 1 aliphatic rings. The van der Waals surface area contributed by atoms with E-state index in [1.807, 2.05) is 13.8 Å². The number of rotatable bonds is 5. The molecule has 0 saturated heterocycles. The minimum atomic E-state index is -3.37. The molecule has 0 aromatic rings. The third-order valence-corrected chi connectivity index (χ3v) is 4.75. The number of nitrogens with zero attached hydrogens (tertiary/aromatic N) is 1. The van der Waals surface area contributed by atoms with Gasteiger partial charge in [0.25, 0.3) is 10.2 Å². The van der Waals surface area contributed by atoms with Gasteiger partial charge in [-0.3, -0.25) is 0 Å². The molecule has 0 aromatic carbocycles. The molecule has 1 saturated carbocycles. The highest BCUT2D eigenvalue weighted by molar-refractivity contribution is 7.87. The highest BCUT2D eigenvalue weighted by Gasteiger charge is 2.34. The molecule has 0 radical (unpaired) electrons. The molecule has 3 N–H and O–H groups in total. The van der Waals surface area contributed by atoms with Crippen LogP contribution < -0.4 is 10.5 Å². The van der Waals surface area contributed by atoms with Crippen LogP contribution in [0.2, 0.25) is 0 Å². The summed E-state index contributed by atoms with van der Waals surface area (Å²) < 4.78 is 27.3. The number of nitrogens with one attached hydrogen (secondary N) is 1. The monoisotopic (exact) mass is 235 g/mol. The average Bonchev–Trinajstić information content (AvgIpc) is 2.10. The standard InChI is InChI=1S/C9H21N3O2S/c1-8(2)12(3)15(13,14)11-7-9(10)5-4-6-9/h8,11H,4-7,10H2,1-3H3. The molecule has 0 aliphatic heterocycles. The second-order valence-electron chi connectivity index (χ2n) is 4.65. The van der Waals surface area contributed by atoms with E-state index in [4.69, 9.17) is 5.73 Å². The third-order valence-electron chi connectivity index (χ3n) is 3.06. The van der Waals surface area contributed by atoms with E-state index in [9.17, 15) is 8.42 Å². The molecule has 0 aromatic heterocycles. The lowest BCUT2D eigenvalue weighted by Crippen LogP contribution is -2.56. The molecule has 0 heterocycles. The topological polar surface area (TPSA) is 75.4 Å². The van der Waals surface area contributed by atoms with E-state index >= 15 is 0 Å². The SMILES string of the molecule is CC(C)N(C)S(=O)(=O)NCC1(N)CCC1. The van der Waals surface area contributed by atoms with Crippen LogP contribution in [-0.4, -0.2) is 37.9 Å². The molecule has 15 heavy (non-hydrogen) atoms. The average molecular weight is 235 g/mol. The van der Waals surface area contributed by atoms with Gasteiger partial charge < -0.3 is 5.73 Å². The van der Waals surface area contributed by atoms with Crippen molar-refractivity contribution in [2.75, 3.05) is 13.6 Å². The Morgan fingerprint density at radius 2 is 2.00 bits per heavy atom. The summed E-state index contributed by atoms with van der Waals surface area (Å²) >= 11 is 0. The van der Waals surface area contributed by atoms with Gasteiger partial charge in [-0.15, -0.1) is 0 Å². The summed E-state index contributed by atoms with van der Waals surface area (Å²) in [4.78, 5) is 0. The van der Waals surface area contributed by atoms with Crippen molar-refractivity contribution in [2.45, 2.75) is 44.7 Å². The Bertz CT molecular complexity index is 309. The van der Waals surface area contributed by atoms with Crippen molar-refractivity contribution in [3.8, 4) is 0 Å². The third kappa shape index (κ3) is 3.14. The first kappa shape index (κ1) is 12.9. The molecule has 0 spiro atoms. The molecule has 0 unspecified atom stereocenters. The summed E-state index contributed by atoms with van der Waals surface area (Å²) in [6.07, 6.45) is 2.90. The first-order valence-corrected chi connectivity index (χ1v) is 6.72. The molecule has 0 bridgehead atoms. The minimum Gasteiger partial charge on any atom is -0.324 e. The molecule has 5 nitrogen and oxygen atoms in total. The fraction of sp³-hybridized carbons (Fsp3) is 1.00. The van der Waals surface area contributed by atoms with Crippen LogP contribution in [0.1, 0.15) is 33.1 Å². The van der Waals surface area contributed by atoms with Crippen molar-refractivity contribution in [1.29, 1.82) is 0 Å². The first-order chi connectivity index (χ1) is 6.77. The lowest BCUT2D eigenvalue weighted by Gasteiger charge is -2.38. The van der Waals surface area contributed by atoms with Crippen LogP contribution >= 0.6 is 0 Å². The smallest absolute Gasteiger partial charge is 0.279 e. The predicted octanol–water partition coefficient (Wildman–Crippen LogP) is 0.0424. The Labute approximate surface area is 92.2 Å². The van der Waals surface area contributed by atoms with E-state index < -0.39 is 10.2 Å². The number of nitrogens with two attached hydrogens (primary N) is 1. The molecule has 6 heteroatoms. The molecular weight excluding hydrogens is 214 g/mol. The lowest BCUT2D eigenvalue weighted by molar-refractivity contribution is 0.248. The van der Waals surface area contributed by atoms with Gasteiger partial charge in [-0.1, -0.05) is 0 Å². The Balaban J connectivity index is 2.49. The van der Waals surface area contributed by atoms with E-state index in [-0.39, 0.29) is 11.6 Å². The molecule has 1 fully saturated rings. The van der Waals surface area contributed by atoms with Crippen molar-refractivity contribution >= 4 is 10.2 Å². The van der Waals surface area contributed by atoms with Crippen LogP contribution in [0.25, 0.3) is 0 Å². The van der Waals surface area contributed by atoms with Gasteiger partial charge in [0.15, 0.2) is 0 Å². The summed E-state index contributed by atoms with van der Waals surface area (Å²) in [6.45, 7) is 4.01. The van der Waals surface area contributed by atoms with Crippen LogP contribution in [0.15, 0.2) is 0 Å². The maximum absolute atomic E-state index is 11.7. The maximum atomic E-state index is 11.7. The zero-order chi connectivity index (χ0) is 11.7. The van der Waals surface area contributed by atoms with Gasteiger partial charge >= 0.3 is 0 Å². The summed E-state index contributed by atoms with van der Waals surface area (Å²) in [5.74, 6) is 0. The first-order valence-electron chi connectivity index (χ1n) is 5.28. The van der Waals surface area contributed by atoms with Gasteiger partial charge in [-0.05, 0) is 33.1 Å². The highest BCUT2D eigenvalue weighted by atomic mass is 32.2. The van der Waals surface area contributed by atoms with Gasteiger partial charge in [0.2, 0.25) is 0 Å². The Morgan fingerprint density at radius 3 is 2.33 bits per heavy atom. The van der Waals surface area contributed by atoms with Crippen LogP contribution in [0.5, 0.6) is 0 Å². The van der Waals surface area contributed by atoms with Gasteiger partial charge in [-0.2, -0.15) is 12.7 Å². The molecular formula is C9H21N3O2S. The van der Waals surface area contributed by atoms with Crippen molar-refractivity contribution in [1.82, 2.24) is 9.03 Å². The van der Waals surface area contributed by atoms with Gasteiger partial charge in [-0.25, -0.2) is 4.72 Å². The molecule has 0 atom stereocenters. The van der Waals surface area contributed by atoms with Crippen LogP contribution in [0.4, 0.5) is 0 Å². The zero-order valence-corrected chi connectivity index (χ0v) is 10.5. The van der Waals surface area contributed by atoms with Gasteiger partial charge in [0, 0.05) is 25.2 Å². The quantitative estimate of drug-likeness (QED) is 0.706.